The quantitative estimate of drug-likeness (QED) is 0.687. The fourth-order valence-electron chi connectivity index (χ4n) is 2.80. The predicted octanol–water partition coefficient (Wildman–Crippen LogP) is 2.69. The Bertz CT molecular complexity index is 152. The largest absolute Gasteiger partial charge is 0.327 e. The molecular formula is C11H21N. The summed E-state index contributed by atoms with van der Waals surface area (Å²) in [5, 5.41) is 0. The van der Waals surface area contributed by atoms with Crippen molar-refractivity contribution in [1.82, 2.24) is 0 Å². The van der Waals surface area contributed by atoms with Crippen LogP contribution in [0.3, 0.4) is 0 Å². The van der Waals surface area contributed by atoms with Crippen molar-refractivity contribution in [3.8, 4) is 0 Å². The second-order valence-corrected chi connectivity index (χ2v) is 5.01. The second kappa shape index (κ2) is 3.02. The van der Waals surface area contributed by atoms with Crippen LogP contribution in [0.1, 0.15) is 51.9 Å². The molecule has 0 aromatic rings. The monoisotopic (exact) mass is 167 g/mol. The van der Waals surface area contributed by atoms with Crippen molar-refractivity contribution in [3.05, 3.63) is 0 Å². The highest BCUT2D eigenvalue weighted by Gasteiger charge is 2.46. The summed E-state index contributed by atoms with van der Waals surface area (Å²) in [6, 6.07) is 0.443. The molecule has 0 bridgehead atoms. The summed E-state index contributed by atoms with van der Waals surface area (Å²) in [5.74, 6) is 1.03. The Morgan fingerprint density at radius 2 is 1.92 bits per heavy atom. The van der Waals surface area contributed by atoms with Crippen molar-refractivity contribution in [3.63, 3.8) is 0 Å². The van der Waals surface area contributed by atoms with Crippen molar-refractivity contribution >= 4 is 0 Å². The molecule has 70 valence electrons. The topological polar surface area (TPSA) is 26.0 Å². The minimum Gasteiger partial charge on any atom is -0.327 e. The molecule has 1 heteroatoms. The first kappa shape index (κ1) is 8.55. The zero-order valence-electron chi connectivity index (χ0n) is 8.18. The van der Waals surface area contributed by atoms with E-state index in [1.54, 1.807) is 0 Å². The van der Waals surface area contributed by atoms with E-state index in [-0.39, 0.29) is 0 Å². The fraction of sp³-hybridized carbons (Fsp3) is 1.00. The van der Waals surface area contributed by atoms with Gasteiger partial charge in [-0.1, -0.05) is 25.7 Å². The van der Waals surface area contributed by atoms with E-state index in [1.165, 1.54) is 44.9 Å². The van der Waals surface area contributed by atoms with Gasteiger partial charge < -0.3 is 5.73 Å². The Hall–Kier alpha value is -0.0400. The van der Waals surface area contributed by atoms with Gasteiger partial charge in [-0.05, 0) is 37.5 Å². The third-order valence-corrected chi connectivity index (χ3v) is 4.03. The maximum Gasteiger partial charge on any atom is 0.00671 e. The molecule has 1 atom stereocenters. The number of rotatable bonds is 3. The van der Waals surface area contributed by atoms with E-state index in [1.807, 2.05) is 0 Å². The highest BCUT2D eigenvalue weighted by molar-refractivity contribution is 5.00. The molecule has 1 unspecified atom stereocenters. The van der Waals surface area contributed by atoms with Gasteiger partial charge in [0.25, 0.3) is 0 Å². The van der Waals surface area contributed by atoms with E-state index in [0.717, 1.165) is 5.92 Å². The van der Waals surface area contributed by atoms with Crippen molar-refractivity contribution in [2.45, 2.75) is 57.9 Å². The predicted molar refractivity (Wildman–Crippen MR) is 51.9 cm³/mol. The second-order valence-electron chi connectivity index (χ2n) is 5.01. The zero-order chi connectivity index (χ0) is 8.60. The van der Waals surface area contributed by atoms with E-state index >= 15 is 0 Å². The Morgan fingerprint density at radius 1 is 1.33 bits per heavy atom. The molecule has 0 aliphatic heterocycles. The maximum absolute atomic E-state index is 6.01. The highest BCUT2D eigenvalue weighted by Crippen LogP contribution is 2.54. The molecular weight excluding hydrogens is 146 g/mol. The lowest BCUT2D eigenvalue weighted by molar-refractivity contribution is 0.313. The molecule has 1 nitrogen and oxygen atoms in total. The normalized spacial score (nSPS) is 30.5. The molecule has 0 saturated heterocycles. The Kier molecular flexibility index (Phi) is 2.16. The number of hydrogen-bond donors (Lipinski definition) is 1. The van der Waals surface area contributed by atoms with Gasteiger partial charge in [0.1, 0.15) is 0 Å². The Labute approximate surface area is 75.7 Å². The van der Waals surface area contributed by atoms with Gasteiger partial charge in [-0.15, -0.1) is 0 Å². The van der Waals surface area contributed by atoms with Crippen LogP contribution in [0.25, 0.3) is 0 Å². The molecule has 2 aliphatic rings. The van der Waals surface area contributed by atoms with Crippen LogP contribution in [-0.2, 0) is 0 Å². The summed E-state index contributed by atoms with van der Waals surface area (Å²) in [6.07, 6.45) is 10.1. The van der Waals surface area contributed by atoms with Gasteiger partial charge in [0.2, 0.25) is 0 Å². The summed E-state index contributed by atoms with van der Waals surface area (Å²) < 4.78 is 0. The minimum absolute atomic E-state index is 0.443. The van der Waals surface area contributed by atoms with E-state index in [4.69, 9.17) is 5.73 Å². The summed E-state index contributed by atoms with van der Waals surface area (Å²) in [5.41, 5.74) is 6.60. The van der Waals surface area contributed by atoms with Gasteiger partial charge >= 0.3 is 0 Å². The zero-order valence-corrected chi connectivity index (χ0v) is 8.18. The lowest BCUT2D eigenvalue weighted by Gasteiger charge is -2.22. The summed E-state index contributed by atoms with van der Waals surface area (Å²) >= 11 is 0. The third kappa shape index (κ3) is 1.52. The molecule has 0 heterocycles. The van der Waals surface area contributed by atoms with Gasteiger partial charge in [0.15, 0.2) is 0 Å². The fourth-order valence-corrected chi connectivity index (χ4v) is 2.80. The number of nitrogens with two attached hydrogens (primary N) is 1. The first-order chi connectivity index (χ1) is 5.73. The van der Waals surface area contributed by atoms with Gasteiger partial charge in [-0.25, -0.2) is 0 Å². The van der Waals surface area contributed by atoms with Gasteiger partial charge in [0.05, 0.1) is 0 Å². The maximum atomic E-state index is 6.01. The van der Waals surface area contributed by atoms with Crippen LogP contribution in [0, 0.1) is 11.3 Å². The molecule has 2 saturated carbocycles. The van der Waals surface area contributed by atoms with Gasteiger partial charge in [-0.2, -0.15) is 0 Å². The molecule has 2 fully saturated rings. The summed E-state index contributed by atoms with van der Waals surface area (Å²) in [7, 11) is 0. The molecule has 0 aromatic heterocycles. The number of hydrogen-bond acceptors (Lipinski definition) is 1. The van der Waals surface area contributed by atoms with Crippen LogP contribution in [-0.4, -0.2) is 6.04 Å². The van der Waals surface area contributed by atoms with Crippen LogP contribution in [0.4, 0.5) is 0 Å². The van der Waals surface area contributed by atoms with Gasteiger partial charge in [-0.3, -0.25) is 0 Å². The molecule has 2 aliphatic carbocycles. The molecule has 0 aromatic carbocycles. The van der Waals surface area contributed by atoms with E-state index in [0.29, 0.717) is 11.5 Å². The standard InChI is InChI=1S/C11H21N/c1-9(12)11(6-7-11)8-10-4-2-3-5-10/h9-10H,2-8,12H2,1H3. The molecule has 2 N–H and O–H groups in total. The molecule has 2 rings (SSSR count). The Morgan fingerprint density at radius 3 is 2.33 bits per heavy atom. The van der Waals surface area contributed by atoms with Crippen molar-refractivity contribution < 1.29 is 0 Å². The Balaban J connectivity index is 1.85. The molecule has 0 radical (unpaired) electrons. The first-order valence-electron chi connectivity index (χ1n) is 5.48. The van der Waals surface area contributed by atoms with E-state index in [2.05, 4.69) is 6.92 Å². The summed E-state index contributed by atoms with van der Waals surface area (Å²) in [4.78, 5) is 0. The minimum atomic E-state index is 0.443. The first-order valence-corrected chi connectivity index (χ1v) is 5.48. The van der Waals surface area contributed by atoms with Crippen LogP contribution in [0.5, 0.6) is 0 Å². The lowest BCUT2D eigenvalue weighted by atomic mass is 9.86. The molecule has 12 heavy (non-hydrogen) atoms. The van der Waals surface area contributed by atoms with Gasteiger partial charge in [0, 0.05) is 6.04 Å². The molecule has 0 amide bonds. The van der Waals surface area contributed by atoms with Crippen LogP contribution < -0.4 is 5.73 Å². The molecule has 0 spiro atoms. The third-order valence-electron chi connectivity index (χ3n) is 4.03. The highest BCUT2D eigenvalue weighted by atomic mass is 14.7. The smallest absolute Gasteiger partial charge is 0.00671 e. The average Bonchev–Trinajstić information content (AvgIpc) is 2.60. The van der Waals surface area contributed by atoms with E-state index < -0.39 is 0 Å². The van der Waals surface area contributed by atoms with E-state index in [9.17, 15) is 0 Å². The SMILES string of the molecule is CC(N)C1(CC2CCCC2)CC1. The van der Waals surface area contributed by atoms with Crippen LogP contribution >= 0.6 is 0 Å². The van der Waals surface area contributed by atoms with Crippen molar-refractivity contribution in [2.24, 2.45) is 17.1 Å². The van der Waals surface area contributed by atoms with Crippen molar-refractivity contribution in [1.29, 1.82) is 0 Å². The van der Waals surface area contributed by atoms with Crippen LogP contribution in [0.15, 0.2) is 0 Å². The lowest BCUT2D eigenvalue weighted by Crippen LogP contribution is -2.29. The summed E-state index contributed by atoms with van der Waals surface area (Å²) in [6.45, 7) is 2.20. The van der Waals surface area contributed by atoms with Crippen LogP contribution in [0.2, 0.25) is 0 Å². The van der Waals surface area contributed by atoms with Crippen molar-refractivity contribution in [2.75, 3.05) is 0 Å². The average molecular weight is 167 g/mol.